The Balaban J connectivity index is 2.94. The number of aromatic nitrogens is 1. The Kier molecular flexibility index (Phi) is 7.54. The van der Waals surface area contributed by atoms with Crippen molar-refractivity contribution in [2.45, 2.75) is 64.5 Å². The zero-order valence-electron chi connectivity index (χ0n) is 16.1. The average molecular weight is 423 g/mol. The van der Waals surface area contributed by atoms with Crippen molar-refractivity contribution in [3.63, 3.8) is 0 Å². The Hall–Kier alpha value is -2.26. The molecule has 1 aromatic heterocycles. The normalized spacial score (nSPS) is 15.4. The molecule has 0 spiro atoms. The van der Waals surface area contributed by atoms with Crippen molar-refractivity contribution in [1.29, 1.82) is 0 Å². The van der Waals surface area contributed by atoms with Gasteiger partial charge in [0.2, 0.25) is 0 Å². The summed E-state index contributed by atoms with van der Waals surface area (Å²) < 4.78 is 78.0. The molecule has 1 fully saturated rings. The van der Waals surface area contributed by atoms with Gasteiger partial charge in [-0.1, -0.05) is 19.3 Å². The maximum absolute atomic E-state index is 13.7. The van der Waals surface area contributed by atoms with Crippen molar-refractivity contribution >= 4 is 11.9 Å². The minimum Gasteiger partial charge on any atom is -0.462 e. The van der Waals surface area contributed by atoms with Crippen molar-refractivity contribution < 1.29 is 41.0 Å². The fourth-order valence-corrected chi connectivity index (χ4v) is 3.61. The summed E-state index contributed by atoms with van der Waals surface area (Å²) in [4.78, 5) is 28.0. The Morgan fingerprint density at radius 3 is 1.97 bits per heavy atom. The van der Waals surface area contributed by atoms with Crippen molar-refractivity contribution in [2.24, 2.45) is 0 Å². The fourth-order valence-electron chi connectivity index (χ4n) is 3.61. The van der Waals surface area contributed by atoms with E-state index in [2.05, 4.69) is 4.98 Å². The number of alkyl halides is 5. The molecule has 2 rings (SSSR count). The van der Waals surface area contributed by atoms with Crippen LogP contribution in [0.1, 0.15) is 96.0 Å². The Labute approximate surface area is 164 Å². The monoisotopic (exact) mass is 423 g/mol. The minimum absolute atomic E-state index is 0.179. The predicted octanol–water partition coefficient (Wildman–Crippen LogP) is 5.44. The van der Waals surface area contributed by atoms with Crippen LogP contribution in [-0.2, 0) is 15.7 Å². The van der Waals surface area contributed by atoms with E-state index in [1.165, 1.54) is 13.8 Å². The van der Waals surface area contributed by atoms with Gasteiger partial charge in [0, 0.05) is 0 Å². The summed E-state index contributed by atoms with van der Waals surface area (Å²) in [7, 11) is 0. The highest BCUT2D eigenvalue weighted by Gasteiger charge is 2.44. The summed E-state index contributed by atoms with van der Waals surface area (Å²) in [6.07, 6.45) is -5.88. The zero-order valence-corrected chi connectivity index (χ0v) is 16.1. The van der Waals surface area contributed by atoms with Crippen LogP contribution in [-0.4, -0.2) is 30.1 Å². The number of nitrogens with zero attached hydrogens (tertiary/aromatic N) is 1. The van der Waals surface area contributed by atoms with E-state index in [4.69, 9.17) is 9.47 Å². The van der Waals surface area contributed by atoms with E-state index in [1.807, 2.05) is 0 Å². The van der Waals surface area contributed by atoms with Crippen molar-refractivity contribution in [3.05, 3.63) is 28.1 Å². The first-order chi connectivity index (χ1) is 13.6. The lowest BCUT2D eigenvalue weighted by atomic mass is 9.79. The highest BCUT2D eigenvalue weighted by Crippen LogP contribution is 2.43. The zero-order chi connectivity index (χ0) is 21.8. The van der Waals surface area contributed by atoms with E-state index in [1.54, 1.807) is 0 Å². The van der Waals surface area contributed by atoms with Gasteiger partial charge in [-0.3, -0.25) is 0 Å². The van der Waals surface area contributed by atoms with E-state index < -0.39 is 53.0 Å². The number of carbonyl (C=O) groups excluding carboxylic acids is 2. The highest BCUT2D eigenvalue weighted by molar-refractivity contribution is 6.00. The molecule has 0 N–H and O–H groups in total. The van der Waals surface area contributed by atoms with E-state index in [0.717, 1.165) is 6.42 Å². The summed E-state index contributed by atoms with van der Waals surface area (Å²) in [5.41, 5.74) is -5.22. The molecular formula is C19H22F5NO4. The van der Waals surface area contributed by atoms with E-state index in [0.29, 0.717) is 25.7 Å². The largest absolute Gasteiger partial charge is 0.462 e. The van der Waals surface area contributed by atoms with Gasteiger partial charge in [0.1, 0.15) is 5.69 Å². The van der Waals surface area contributed by atoms with Gasteiger partial charge in [-0.05, 0) is 38.2 Å². The summed E-state index contributed by atoms with van der Waals surface area (Å²) in [6, 6.07) is 0. The average Bonchev–Trinajstić information content (AvgIpc) is 2.66. The van der Waals surface area contributed by atoms with Gasteiger partial charge in [-0.2, -0.15) is 13.2 Å². The lowest BCUT2D eigenvalue weighted by Gasteiger charge is -2.28. The first-order valence-electron chi connectivity index (χ1n) is 9.40. The van der Waals surface area contributed by atoms with Gasteiger partial charge in [0.05, 0.1) is 24.3 Å². The summed E-state index contributed by atoms with van der Waals surface area (Å²) in [5.74, 6) is -3.27. The van der Waals surface area contributed by atoms with Crippen LogP contribution < -0.4 is 0 Å². The molecule has 0 amide bonds. The number of esters is 2. The van der Waals surface area contributed by atoms with Crippen molar-refractivity contribution in [3.8, 4) is 0 Å². The fraction of sp³-hybridized carbons (Fsp3) is 0.632. The van der Waals surface area contributed by atoms with Crippen LogP contribution in [0.3, 0.4) is 0 Å². The molecule has 1 heterocycles. The molecule has 0 atom stereocenters. The quantitative estimate of drug-likeness (QED) is 0.450. The molecule has 1 aliphatic carbocycles. The Bertz CT molecular complexity index is 758. The number of pyridine rings is 1. The van der Waals surface area contributed by atoms with Gasteiger partial charge >= 0.3 is 18.1 Å². The number of rotatable bonds is 6. The molecule has 0 aliphatic heterocycles. The highest BCUT2D eigenvalue weighted by atomic mass is 19.4. The minimum atomic E-state index is -5.19. The number of halogens is 5. The molecule has 0 unspecified atom stereocenters. The number of hydrogen-bond donors (Lipinski definition) is 0. The molecular weight excluding hydrogens is 401 g/mol. The third-order valence-electron chi connectivity index (χ3n) is 4.71. The second-order valence-electron chi connectivity index (χ2n) is 6.58. The summed E-state index contributed by atoms with van der Waals surface area (Å²) in [5, 5.41) is 0. The van der Waals surface area contributed by atoms with Crippen LogP contribution in [0.5, 0.6) is 0 Å². The SMILES string of the molecule is CCOC(=O)c1c(C(F)F)nc(C(F)(F)F)c(C(=O)OCC)c1C1CCCCC1. The third-order valence-corrected chi connectivity index (χ3v) is 4.71. The maximum atomic E-state index is 13.7. The predicted molar refractivity (Wildman–Crippen MR) is 91.9 cm³/mol. The number of carbonyl (C=O) groups is 2. The molecule has 162 valence electrons. The van der Waals surface area contributed by atoms with Gasteiger partial charge in [-0.15, -0.1) is 0 Å². The lowest BCUT2D eigenvalue weighted by Crippen LogP contribution is -2.27. The van der Waals surface area contributed by atoms with E-state index in [9.17, 15) is 31.5 Å². The smallest absolute Gasteiger partial charge is 0.434 e. The van der Waals surface area contributed by atoms with Crippen LogP contribution in [0.15, 0.2) is 0 Å². The summed E-state index contributed by atoms with van der Waals surface area (Å²) in [6.45, 7) is 2.43. The molecule has 1 aromatic rings. The lowest BCUT2D eigenvalue weighted by molar-refractivity contribution is -0.142. The standard InChI is InChI=1S/C19H22F5NO4/c1-3-28-17(26)12-11(10-8-6-5-7-9-10)13(18(27)29-4-2)15(19(22,23)24)25-14(12)16(20)21/h10,16H,3-9H2,1-2H3. The molecule has 1 saturated carbocycles. The topological polar surface area (TPSA) is 65.5 Å². The molecule has 0 radical (unpaired) electrons. The number of hydrogen-bond acceptors (Lipinski definition) is 5. The Morgan fingerprint density at radius 1 is 1.00 bits per heavy atom. The first kappa shape index (κ1) is 23.0. The second-order valence-corrected chi connectivity index (χ2v) is 6.58. The van der Waals surface area contributed by atoms with Gasteiger partial charge in [-0.25, -0.2) is 23.4 Å². The van der Waals surface area contributed by atoms with E-state index in [-0.39, 0.29) is 18.8 Å². The van der Waals surface area contributed by atoms with Gasteiger partial charge < -0.3 is 9.47 Å². The number of ether oxygens (including phenoxy) is 2. The van der Waals surface area contributed by atoms with Crippen molar-refractivity contribution in [2.75, 3.05) is 13.2 Å². The Morgan fingerprint density at radius 2 is 1.52 bits per heavy atom. The van der Waals surface area contributed by atoms with Gasteiger partial charge in [0.25, 0.3) is 6.43 Å². The maximum Gasteiger partial charge on any atom is 0.434 e. The first-order valence-corrected chi connectivity index (χ1v) is 9.40. The second kappa shape index (κ2) is 9.49. The molecule has 0 bridgehead atoms. The van der Waals surface area contributed by atoms with Crippen molar-refractivity contribution in [1.82, 2.24) is 4.98 Å². The summed E-state index contributed by atoms with van der Waals surface area (Å²) >= 11 is 0. The van der Waals surface area contributed by atoms with Crippen LogP contribution in [0.25, 0.3) is 0 Å². The molecule has 29 heavy (non-hydrogen) atoms. The third kappa shape index (κ3) is 5.02. The van der Waals surface area contributed by atoms with Gasteiger partial charge in [0.15, 0.2) is 5.69 Å². The van der Waals surface area contributed by atoms with Crippen LogP contribution in [0, 0.1) is 0 Å². The van der Waals surface area contributed by atoms with Crippen LogP contribution >= 0.6 is 0 Å². The molecule has 0 aromatic carbocycles. The molecule has 1 aliphatic rings. The van der Waals surface area contributed by atoms with Crippen LogP contribution in [0.4, 0.5) is 22.0 Å². The van der Waals surface area contributed by atoms with E-state index >= 15 is 0 Å². The molecule has 0 saturated heterocycles. The molecule has 5 nitrogen and oxygen atoms in total. The van der Waals surface area contributed by atoms with Crippen LogP contribution in [0.2, 0.25) is 0 Å². The molecule has 10 heteroatoms.